The van der Waals surface area contributed by atoms with Gasteiger partial charge < -0.3 is 10.1 Å². The monoisotopic (exact) mass is 474 g/mol. The van der Waals surface area contributed by atoms with Crippen molar-refractivity contribution in [3.8, 4) is 0 Å². The molecule has 152 valence electrons. The summed E-state index contributed by atoms with van der Waals surface area (Å²) in [6.45, 7) is 3.41. The number of allylic oxidation sites excluding steroid dienone is 1. The zero-order valence-corrected chi connectivity index (χ0v) is 17.8. The van der Waals surface area contributed by atoms with Crippen molar-refractivity contribution >= 4 is 37.8 Å². The molecule has 2 amide bonds. The minimum atomic E-state index is -3.22. The number of nitrogens with zero attached hydrogens (tertiary/aromatic N) is 1. The highest BCUT2D eigenvalue weighted by Gasteiger charge is 2.42. The average molecular weight is 475 g/mol. The number of carbonyl (C=O) groups is 2. The molecular formula is C18H20BrFN2O5S. The number of urea groups is 1. The van der Waals surface area contributed by atoms with Crippen LogP contribution in [-0.2, 0) is 19.4 Å². The minimum Gasteiger partial charge on any atom is -0.463 e. The van der Waals surface area contributed by atoms with Gasteiger partial charge >= 0.3 is 12.0 Å². The maximum atomic E-state index is 13.6. The number of rotatable bonds is 4. The van der Waals surface area contributed by atoms with Crippen LogP contribution in [0.1, 0.15) is 31.9 Å². The molecule has 10 heteroatoms. The minimum absolute atomic E-state index is 0.00218. The normalized spacial score (nSPS) is 24.3. The maximum Gasteiger partial charge on any atom is 0.338 e. The number of hydrogen-bond donors (Lipinski definition) is 1. The van der Waals surface area contributed by atoms with Gasteiger partial charge in [0.05, 0.1) is 40.2 Å². The van der Waals surface area contributed by atoms with Crippen molar-refractivity contribution in [2.45, 2.75) is 32.4 Å². The second-order valence-electron chi connectivity index (χ2n) is 6.70. The van der Waals surface area contributed by atoms with E-state index in [4.69, 9.17) is 4.74 Å². The number of halogens is 2. The summed E-state index contributed by atoms with van der Waals surface area (Å²) in [6.07, 6.45) is 0.302. The number of carbonyl (C=O) groups excluding carboxylic acids is 2. The molecule has 1 aromatic rings. The molecule has 1 saturated heterocycles. The molecule has 0 radical (unpaired) electrons. The number of benzene rings is 1. The summed E-state index contributed by atoms with van der Waals surface area (Å²) >= 11 is 3.11. The number of hydrogen-bond acceptors (Lipinski definition) is 5. The van der Waals surface area contributed by atoms with Crippen molar-refractivity contribution in [2.24, 2.45) is 0 Å². The van der Waals surface area contributed by atoms with Crippen molar-refractivity contribution in [3.05, 3.63) is 45.3 Å². The van der Waals surface area contributed by atoms with Gasteiger partial charge in [0.15, 0.2) is 9.84 Å². The van der Waals surface area contributed by atoms with Gasteiger partial charge in [-0.05, 0) is 53.9 Å². The van der Waals surface area contributed by atoms with Crippen molar-refractivity contribution in [1.82, 2.24) is 10.2 Å². The summed E-state index contributed by atoms with van der Waals surface area (Å²) < 4.78 is 42.7. The van der Waals surface area contributed by atoms with E-state index in [2.05, 4.69) is 21.2 Å². The van der Waals surface area contributed by atoms with Crippen LogP contribution in [0.4, 0.5) is 9.18 Å². The second kappa shape index (κ2) is 7.82. The van der Waals surface area contributed by atoms with E-state index in [1.807, 2.05) is 0 Å². The van der Waals surface area contributed by atoms with Crippen molar-refractivity contribution in [3.63, 3.8) is 0 Å². The average Bonchev–Trinajstić information content (AvgIpc) is 2.96. The molecule has 2 heterocycles. The molecule has 1 fully saturated rings. The lowest BCUT2D eigenvalue weighted by Gasteiger charge is -2.38. The van der Waals surface area contributed by atoms with Crippen LogP contribution >= 0.6 is 15.9 Å². The van der Waals surface area contributed by atoms with Gasteiger partial charge in [-0.25, -0.2) is 22.4 Å². The number of sulfone groups is 1. The Bertz CT molecular complexity index is 963. The van der Waals surface area contributed by atoms with Crippen LogP contribution in [0.2, 0.25) is 0 Å². The first kappa shape index (κ1) is 20.8. The number of amides is 2. The Balaban J connectivity index is 2.07. The van der Waals surface area contributed by atoms with Gasteiger partial charge in [-0.1, -0.05) is 6.07 Å². The highest BCUT2D eigenvalue weighted by molar-refractivity contribution is 9.10. The van der Waals surface area contributed by atoms with Gasteiger partial charge in [-0.3, -0.25) is 4.90 Å². The predicted octanol–water partition coefficient (Wildman–Crippen LogP) is 2.68. The third kappa shape index (κ3) is 3.93. The van der Waals surface area contributed by atoms with E-state index < -0.39 is 39.7 Å². The first-order valence-corrected chi connectivity index (χ1v) is 11.4. The third-order valence-corrected chi connectivity index (χ3v) is 7.23. The smallest absolute Gasteiger partial charge is 0.338 e. The summed E-state index contributed by atoms with van der Waals surface area (Å²) in [5, 5.41) is 2.74. The molecule has 0 bridgehead atoms. The second-order valence-corrected chi connectivity index (χ2v) is 9.79. The van der Waals surface area contributed by atoms with Gasteiger partial charge in [-0.15, -0.1) is 0 Å². The molecular weight excluding hydrogens is 455 g/mol. The van der Waals surface area contributed by atoms with Gasteiger partial charge in [0.25, 0.3) is 0 Å². The van der Waals surface area contributed by atoms with E-state index in [1.54, 1.807) is 13.8 Å². The molecule has 28 heavy (non-hydrogen) atoms. The summed E-state index contributed by atoms with van der Waals surface area (Å²) in [6, 6.07) is 2.32. The lowest BCUT2D eigenvalue weighted by molar-refractivity contribution is -0.139. The SMILES string of the molecule is CCOC(=O)C1=C(C)N([C@H]2CCS(=O)(=O)C2)C(=O)N[C@@H]1c1ccc(F)c(Br)c1. The molecule has 0 unspecified atom stereocenters. The van der Waals surface area contributed by atoms with E-state index in [-0.39, 0.29) is 28.2 Å². The Morgan fingerprint density at radius 3 is 2.71 bits per heavy atom. The van der Waals surface area contributed by atoms with Crippen LogP contribution in [0.15, 0.2) is 33.9 Å². The zero-order chi connectivity index (χ0) is 20.6. The molecule has 2 aliphatic rings. The van der Waals surface area contributed by atoms with Gasteiger partial charge in [0, 0.05) is 5.70 Å². The van der Waals surface area contributed by atoms with Gasteiger partial charge in [0.1, 0.15) is 5.82 Å². The van der Waals surface area contributed by atoms with Crippen LogP contribution in [0.3, 0.4) is 0 Å². The standard InChI is InChI=1S/C18H20BrFN2O5S/c1-3-27-17(23)15-10(2)22(12-6-7-28(25,26)9-12)18(24)21-16(15)11-4-5-14(20)13(19)8-11/h4-5,8,12,16H,3,6-7,9H2,1-2H3,(H,21,24)/t12-,16+/m0/s1. The molecule has 1 aromatic carbocycles. The fourth-order valence-electron chi connectivity index (χ4n) is 3.59. The third-order valence-electron chi connectivity index (χ3n) is 4.87. The molecule has 0 aliphatic carbocycles. The fourth-order valence-corrected chi connectivity index (χ4v) is 5.69. The van der Waals surface area contributed by atoms with Crippen LogP contribution in [0.5, 0.6) is 0 Å². The number of esters is 1. The molecule has 7 nitrogen and oxygen atoms in total. The Kier molecular flexibility index (Phi) is 5.81. The summed E-state index contributed by atoms with van der Waals surface area (Å²) in [5.41, 5.74) is 1.04. The molecule has 0 aromatic heterocycles. The lowest BCUT2D eigenvalue weighted by atomic mass is 9.94. The van der Waals surface area contributed by atoms with E-state index >= 15 is 0 Å². The van der Waals surface area contributed by atoms with Gasteiger partial charge in [-0.2, -0.15) is 0 Å². The fraction of sp³-hybridized carbons (Fsp3) is 0.444. The molecule has 2 atom stereocenters. The lowest BCUT2D eigenvalue weighted by Crippen LogP contribution is -2.52. The van der Waals surface area contributed by atoms with Crippen LogP contribution in [0.25, 0.3) is 0 Å². The first-order valence-electron chi connectivity index (χ1n) is 8.77. The molecule has 0 spiro atoms. The molecule has 2 aliphatic heterocycles. The van der Waals surface area contributed by atoms with Crippen molar-refractivity contribution in [2.75, 3.05) is 18.1 Å². The van der Waals surface area contributed by atoms with Crippen molar-refractivity contribution in [1.29, 1.82) is 0 Å². The number of nitrogens with one attached hydrogen (secondary N) is 1. The summed E-state index contributed by atoms with van der Waals surface area (Å²) in [4.78, 5) is 26.8. The topological polar surface area (TPSA) is 92.8 Å². The van der Waals surface area contributed by atoms with E-state index in [1.165, 1.54) is 23.1 Å². The maximum absolute atomic E-state index is 13.6. The first-order chi connectivity index (χ1) is 13.1. The predicted molar refractivity (Wildman–Crippen MR) is 104 cm³/mol. The number of ether oxygens (including phenoxy) is 1. The van der Waals surface area contributed by atoms with E-state index in [0.717, 1.165) is 0 Å². The van der Waals surface area contributed by atoms with E-state index in [0.29, 0.717) is 17.7 Å². The molecule has 3 rings (SSSR count). The molecule has 1 N–H and O–H groups in total. The van der Waals surface area contributed by atoms with Crippen LogP contribution in [-0.4, -0.2) is 49.5 Å². The van der Waals surface area contributed by atoms with E-state index in [9.17, 15) is 22.4 Å². The summed E-state index contributed by atoms with van der Waals surface area (Å²) in [7, 11) is -3.22. The quantitative estimate of drug-likeness (QED) is 0.677. The van der Waals surface area contributed by atoms with Crippen molar-refractivity contribution < 1.29 is 27.1 Å². The highest BCUT2D eigenvalue weighted by Crippen LogP contribution is 2.35. The molecule has 0 saturated carbocycles. The zero-order valence-electron chi connectivity index (χ0n) is 15.4. The van der Waals surface area contributed by atoms with Crippen LogP contribution < -0.4 is 5.32 Å². The largest absolute Gasteiger partial charge is 0.463 e. The Morgan fingerprint density at radius 1 is 1.43 bits per heavy atom. The Labute approximate surface area is 171 Å². The summed E-state index contributed by atoms with van der Waals surface area (Å²) in [5.74, 6) is -1.24. The van der Waals surface area contributed by atoms with Gasteiger partial charge in [0.2, 0.25) is 0 Å². The highest BCUT2D eigenvalue weighted by atomic mass is 79.9. The Hall–Kier alpha value is -1.94. The Morgan fingerprint density at radius 2 is 2.14 bits per heavy atom. The van der Waals surface area contributed by atoms with Crippen LogP contribution in [0, 0.1) is 5.82 Å².